The van der Waals surface area contributed by atoms with E-state index in [4.69, 9.17) is 14.2 Å². The third kappa shape index (κ3) is 4.07. The lowest BCUT2D eigenvalue weighted by Crippen LogP contribution is -2.57. The second kappa shape index (κ2) is 9.09. The van der Waals surface area contributed by atoms with Crippen LogP contribution in [0.1, 0.15) is 40.6 Å². The Hall–Kier alpha value is -2.62. The highest BCUT2D eigenvalue weighted by atomic mass is 16.5. The van der Waals surface area contributed by atoms with Crippen LogP contribution in [0.2, 0.25) is 0 Å². The fourth-order valence-corrected chi connectivity index (χ4v) is 5.06. The number of methoxy groups -OCH3 is 2. The summed E-state index contributed by atoms with van der Waals surface area (Å²) in [5.41, 5.74) is 5.32. The summed E-state index contributed by atoms with van der Waals surface area (Å²) in [5.74, 6) is 2.09. The summed E-state index contributed by atoms with van der Waals surface area (Å²) in [4.78, 5) is 19.8. The molecule has 3 aliphatic heterocycles. The number of carbonyl (C=O) groups is 1. The largest absolute Gasteiger partial charge is 0.497 e. The number of fused-ring (bicyclic) bond motifs is 1. The van der Waals surface area contributed by atoms with Crippen LogP contribution in [0.15, 0.2) is 30.5 Å². The molecule has 172 valence electrons. The van der Waals surface area contributed by atoms with Gasteiger partial charge >= 0.3 is 0 Å². The first-order chi connectivity index (χ1) is 15.7. The molecule has 3 aliphatic rings. The fraction of sp³-hybridized carbons (Fsp3) is 0.565. The van der Waals surface area contributed by atoms with Gasteiger partial charge in [0.05, 0.1) is 19.4 Å². The molecular formula is C23H31N5O4. The number of ether oxygens (including phenoxy) is 3. The molecule has 3 atom stereocenters. The number of aromatic nitrogens is 2. The summed E-state index contributed by atoms with van der Waals surface area (Å²) in [5, 5.41) is 3.14. The Morgan fingerprint density at radius 2 is 1.94 bits per heavy atom. The van der Waals surface area contributed by atoms with E-state index in [1.165, 1.54) is 5.56 Å². The van der Waals surface area contributed by atoms with Crippen LogP contribution in [0.5, 0.6) is 5.75 Å². The Morgan fingerprint density at radius 1 is 1.16 bits per heavy atom. The normalized spacial score (nSPS) is 26.4. The van der Waals surface area contributed by atoms with Crippen molar-refractivity contribution in [2.45, 2.75) is 37.6 Å². The first-order valence-electron chi connectivity index (χ1n) is 11.3. The van der Waals surface area contributed by atoms with Crippen LogP contribution in [0, 0.1) is 5.92 Å². The summed E-state index contributed by atoms with van der Waals surface area (Å²) in [6.07, 6.45) is 3.30. The van der Waals surface area contributed by atoms with Gasteiger partial charge in [0, 0.05) is 51.8 Å². The van der Waals surface area contributed by atoms with Crippen LogP contribution < -0.4 is 15.5 Å². The van der Waals surface area contributed by atoms with Crippen LogP contribution in [-0.4, -0.2) is 73.3 Å². The van der Waals surface area contributed by atoms with Gasteiger partial charge in [-0.05, 0) is 30.5 Å². The average Bonchev–Trinajstić information content (AvgIpc) is 3.44. The third-order valence-electron chi connectivity index (χ3n) is 6.84. The number of benzene rings is 1. The number of nitrogens with one attached hydrogen (secondary N) is 2. The quantitative estimate of drug-likeness (QED) is 0.703. The molecule has 0 saturated carbocycles. The standard InChI is InChI=1S/C23H31N5O4/c1-30-17-5-3-15(4-6-17)12-27-13-18(20(14-27)31-2)21-25-23(29)19-11-24-22(28(19)26-21)16-7-9-32-10-8-16/h3-6,11,16,18,20-21,26H,7-10,12-14H2,1-2H3,(H,25,29). The van der Waals surface area contributed by atoms with Crippen molar-refractivity contribution in [2.75, 3.05) is 45.9 Å². The van der Waals surface area contributed by atoms with Crippen molar-refractivity contribution in [1.82, 2.24) is 19.9 Å². The average molecular weight is 442 g/mol. The molecule has 3 unspecified atom stereocenters. The molecule has 0 aliphatic carbocycles. The predicted octanol–water partition coefficient (Wildman–Crippen LogP) is 1.55. The van der Waals surface area contributed by atoms with Crippen LogP contribution >= 0.6 is 0 Å². The van der Waals surface area contributed by atoms with Crippen molar-refractivity contribution in [2.24, 2.45) is 5.92 Å². The van der Waals surface area contributed by atoms with E-state index >= 15 is 0 Å². The van der Waals surface area contributed by atoms with Gasteiger partial charge in [-0.3, -0.25) is 9.69 Å². The van der Waals surface area contributed by atoms with Crippen LogP contribution in [0.4, 0.5) is 0 Å². The summed E-state index contributed by atoms with van der Waals surface area (Å²) in [6, 6.07) is 8.15. The van der Waals surface area contributed by atoms with Gasteiger partial charge < -0.3 is 25.0 Å². The number of amides is 1. The molecule has 0 bridgehead atoms. The molecule has 5 rings (SSSR count). The molecule has 9 nitrogen and oxygen atoms in total. The molecule has 2 N–H and O–H groups in total. The van der Waals surface area contributed by atoms with Gasteiger partial charge in [-0.1, -0.05) is 12.1 Å². The van der Waals surface area contributed by atoms with Crippen molar-refractivity contribution in [3.8, 4) is 5.75 Å². The number of rotatable bonds is 6. The highest BCUT2D eigenvalue weighted by Gasteiger charge is 2.42. The van der Waals surface area contributed by atoms with E-state index < -0.39 is 0 Å². The smallest absolute Gasteiger partial charge is 0.273 e. The lowest BCUT2D eigenvalue weighted by Gasteiger charge is -2.35. The molecule has 0 radical (unpaired) electrons. The maximum atomic E-state index is 12.9. The molecule has 4 heterocycles. The van der Waals surface area contributed by atoms with Crippen molar-refractivity contribution < 1.29 is 19.0 Å². The summed E-state index contributed by atoms with van der Waals surface area (Å²) in [7, 11) is 3.42. The number of likely N-dealkylation sites (tertiary alicyclic amines) is 1. The van der Waals surface area contributed by atoms with E-state index in [1.807, 2.05) is 16.8 Å². The van der Waals surface area contributed by atoms with Gasteiger partial charge in [0.15, 0.2) is 0 Å². The summed E-state index contributed by atoms with van der Waals surface area (Å²) < 4.78 is 18.5. The van der Waals surface area contributed by atoms with Gasteiger partial charge in [0.1, 0.15) is 23.4 Å². The van der Waals surface area contributed by atoms with E-state index in [0.29, 0.717) is 11.6 Å². The van der Waals surface area contributed by atoms with Gasteiger partial charge in [0.25, 0.3) is 5.91 Å². The molecule has 0 spiro atoms. The van der Waals surface area contributed by atoms with Gasteiger partial charge in [-0.2, -0.15) is 0 Å². The zero-order valence-electron chi connectivity index (χ0n) is 18.6. The Balaban J connectivity index is 1.31. The zero-order valence-corrected chi connectivity index (χ0v) is 18.6. The minimum absolute atomic E-state index is 0.0163. The van der Waals surface area contributed by atoms with Crippen molar-refractivity contribution >= 4 is 5.91 Å². The predicted molar refractivity (Wildman–Crippen MR) is 118 cm³/mol. The lowest BCUT2D eigenvalue weighted by molar-refractivity contribution is 0.0605. The lowest BCUT2D eigenvalue weighted by atomic mass is 9.99. The van der Waals surface area contributed by atoms with Crippen LogP contribution in [0.3, 0.4) is 0 Å². The Morgan fingerprint density at radius 3 is 2.66 bits per heavy atom. The summed E-state index contributed by atoms with van der Waals surface area (Å²) in [6.45, 7) is 3.92. The zero-order chi connectivity index (χ0) is 22.1. The molecule has 1 amide bonds. The van der Waals surface area contributed by atoms with Crippen LogP contribution in [-0.2, 0) is 16.0 Å². The second-order valence-corrected chi connectivity index (χ2v) is 8.78. The van der Waals surface area contributed by atoms with E-state index in [2.05, 4.69) is 32.8 Å². The molecular weight excluding hydrogens is 410 g/mol. The number of hydrogen-bond donors (Lipinski definition) is 2. The monoisotopic (exact) mass is 441 g/mol. The van der Waals surface area contributed by atoms with E-state index in [9.17, 15) is 4.79 Å². The third-order valence-corrected chi connectivity index (χ3v) is 6.84. The molecule has 9 heteroatoms. The van der Waals surface area contributed by atoms with Gasteiger partial charge in [-0.25, -0.2) is 9.66 Å². The second-order valence-electron chi connectivity index (χ2n) is 8.78. The Bertz CT molecular complexity index is 940. The van der Waals surface area contributed by atoms with E-state index in [-0.39, 0.29) is 24.1 Å². The minimum atomic E-state index is -0.228. The molecule has 2 saturated heterocycles. The molecule has 1 aromatic heterocycles. The van der Waals surface area contributed by atoms with Crippen LogP contribution in [0.25, 0.3) is 0 Å². The first-order valence-corrected chi connectivity index (χ1v) is 11.3. The number of carbonyl (C=O) groups excluding carboxylic acids is 1. The Kier molecular flexibility index (Phi) is 6.03. The van der Waals surface area contributed by atoms with Crippen molar-refractivity contribution in [1.29, 1.82) is 0 Å². The molecule has 2 aromatic rings. The summed E-state index contributed by atoms with van der Waals surface area (Å²) >= 11 is 0. The molecule has 1 aromatic carbocycles. The van der Waals surface area contributed by atoms with Gasteiger partial charge in [0.2, 0.25) is 0 Å². The Labute approximate surface area is 188 Å². The van der Waals surface area contributed by atoms with Crippen molar-refractivity contribution in [3.63, 3.8) is 0 Å². The highest BCUT2D eigenvalue weighted by Crippen LogP contribution is 2.30. The number of nitrogens with zero attached hydrogens (tertiary/aromatic N) is 3. The number of imidazole rings is 1. The molecule has 32 heavy (non-hydrogen) atoms. The van der Waals surface area contributed by atoms with Crippen molar-refractivity contribution in [3.05, 3.63) is 47.5 Å². The maximum absolute atomic E-state index is 12.9. The van der Waals surface area contributed by atoms with E-state index in [1.54, 1.807) is 20.4 Å². The minimum Gasteiger partial charge on any atom is -0.497 e. The first kappa shape index (κ1) is 21.2. The SMILES string of the molecule is COc1ccc(CN2CC(OC)C(C3NC(=O)c4cnc(C5CCOCC5)n4N3)C2)cc1. The fourth-order valence-electron chi connectivity index (χ4n) is 5.06. The topological polar surface area (TPSA) is 89.9 Å². The van der Waals surface area contributed by atoms with E-state index in [0.717, 1.165) is 57.3 Å². The van der Waals surface area contributed by atoms with Gasteiger partial charge in [-0.15, -0.1) is 0 Å². The highest BCUT2D eigenvalue weighted by molar-refractivity contribution is 5.93. The molecule has 2 fully saturated rings. The number of hydrogen-bond acceptors (Lipinski definition) is 7. The maximum Gasteiger partial charge on any atom is 0.273 e.